The highest BCUT2D eigenvalue weighted by atomic mass is 79.9. The van der Waals surface area contributed by atoms with E-state index in [9.17, 15) is 0 Å². The molecule has 1 heterocycles. The van der Waals surface area contributed by atoms with E-state index in [1.807, 2.05) is 24.3 Å². The first kappa shape index (κ1) is 15.2. The molecular weight excluding hydrogens is 415 g/mol. The number of hydrogen-bond acceptors (Lipinski definition) is 3. The highest BCUT2D eigenvalue weighted by molar-refractivity contribution is 9.10. The van der Waals surface area contributed by atoms with E-state index >= 15 is 0 Å². The second kappa shape index (κ2) is 6.48. The Morgan fingerprint density at radius 3 is 2.11 bits per heavy atom. The molecule has 2 aromatic rings. The van der Waals surface area contributed by atoms with Crippen molar-refractivity contribution >= 4 is 54.8 Å². The Bertz CT molecular complexity index is 544. The molecule has 6 heteroatoms. The van der Waals surface area contributed by atoms with E-state index in [1.165, 1.54) is 11.3 Å². The van der Waals surface area contributed by atoms with Crippen molar-refractivity contribution in [2.75, 3.05) is 14.2 Å². The summed E-state index contributed by atoms with van der Waals surface area (Å²) < 4.78 is 12.2. The molecule has 1 aromatic heterocycles. The lowest BCUT2D eigenvalue weighted by Crippen LogP contribution is -1.94. The van der Waals surface area contributed by atoms with Gasteiger partial charge in [-0.25, -0.2) is 0 Å². The largest absolute Gasteiger partial charge is 0.497 e. The van der Waals surface area contributed by atoms with Crippen LogP contribution in [0.15, 0.2) is 28.7 Å². The fraction of sp³-hybridized carbons (Fsp3) is 0.231. The second-order valence-corrected chi connectivity index (χ2v) is 7.23. The first-order valence-electron chi connectivity index (χ1n) is 5.37. The number of ether oxygens (including phenoxy) is 2. The molecule has 1 atom stereocenters. The van der Waals surface area contributed by atoms with Crippen LogP contribution in [0.5, 0.6) is 11.5 Å². The molecule has 0 radical (unpaired) electrons. The van der Waals surface area contributed by atoms with Crippen LogP contribution < -0.4 is 9.47 Å². The van der Waals surface area contributed by atoms with Gasteiger partial charge < -0.3 is 9.47 Å². The van der Waals surface area contributed by atoms with Gasteiger partial charge in [0.05, 0.1) is 19.0 Å². The zero-order chi connectivity index (χ0) is 14.0. The van der Waals surface area contributed by atoms with E-state index in [-0.39, 0.29) is 4.83 Å². The summed E-state index contributed by atoms with van der Waals surface area (Å²) in [7, 11) is 3.28. The first-order valence-corrected chi connectivity index (χ1v) is 8.27. The smallest absolute Gasteiger partial charge is 0.122 e. The molecule has 0 saturated heterocycles. The molecule has 19 heavy (non-hydrogen) atoms. The number of rotatable bonds is 4. The molecule has 0 saturated carbocycles. The minimum Gasteiger partial charge on any atom is -0.497 e. The maximum Gasteiger partial charge on any atom is 0.122 e. The molecule has 0 aliphatic rings. The Hall–Kier alpha value is -0.230. The molecule has 0 amide bonds. The Morgan fingerprint density at radius 2 is 1.68 bits per heavy atom. The predicted octanol–water partition coefficient (Wildman–Crippen LogP) is 5.67. The SMILES string of the molecule is COc1cc(OC)cc(C(Br)c2cc(Br)c(Cl)s2)c1. The lowest BCUT2D eigenvalue weighted by Gasteiger charge is -2.12. The zero-order valence-corrected chi connectivity index (χ0v) is 15.0. The average molecular weight is 427 g/mol. The van der Waals surface area contributed by atoms with Gasteiger partial charge in [0.15, 0.2) is 0 Å². The predicted molar refractivity (Wildman–Crippen MR) is 87.3 cm³/mol. The highest BCUT2D eigenvalue weighted by Gasteiger charge is 2.17. The van der Waals surface area contributed by atoms with Crippen LogP contribution >= 0.6 is 54.8 Å². The fourth-order valence-electron chi connectivity index (χ4n) is 1.63. The second-order valence-electron chi connectivity index (χ2n) is 3.78. The Balaban J connectivity index is 2.39. The van der Waals surface area contributed by atoms with Crippen LogP contribution in [0.2, 0.25) is 4.34 Å². The maximum atomic E-state index is 6.08. The van der Waals surface area contributed by atoms with E-state index in [2.05, 4.69) is 31.9 Å². The minimum atomic E-state index is 0.0466. The summed E-state index contributed by atoms with van der Waals surface area (Å²) in [5.41, 5.74) is 1.06. The summed E-state index contributed by atoms with van der Waals surface area (Å²) in [5.74, 6) is 1.53. The lowest BCUT2D eigenvalue weighted by molar-refractivity contribution is 0.393. The van der Waals surface area contributed by atoms with Crippen molar-refractivity contribution in [1.82, 2.24) is 0 Å². The molecule has 0 aliphatic heterocycles. The van der Waals surface area contributed by atoms with Gasteiger partial charge in [0, 0.05) is 15.4 Å². The minimum absolute atomic E-state index is 0.0466. The van der Waals surface area contributed by atoms with E-state index < -0.39 is 0 Å². The van der Waals surface area contributed by atoms with E-state index in [0.717, 1.165) is 30.7 Å². The van der Waals surface area contributed by atoms with Crippen molar-refractivity contribution in [3.8, 4) is 11.5 Å². The van der Waals surface area contributed by atoms with Gasteiger partial charge in [-0.1, -0.05) is 27.5 Å². The third-order valence-corrected chi connectivity index (χ3v) is 6.44. The van der Waals surface area contributed by atoms with Gasteiger partial charge in [-0.05, 0) is 39.7 Å². The molecule has 0 spiro atoms. The number of methoxy groups -OCH3 is 2. The van der Waals surface area contributed by atoms with Gasteiger partial charge in [0.2, 0.25) is 0 Å². The normalized spacial score (nSPS) is 12.3. The summed E-state index contributed by atoms with van der Waals surface area (Å²) in [5, 5.41) is 0. The first-order chi connectivity index (χ1) is 9.05. The topological polar surface area (TPSA) is 18.5 Å². The zero-order valence-electron chi connectivity index (χ0n) is 10.2. The fourth-order valence-corrected chi connectivity index (χ4v) is 4.05. The van der Waals surface area contributed by atoms with Crippen molar-refractivity contribution in [3.05, 3.63) is 43.5 Å². The molecule has 0 bridgehead atoms. The van der Waals surface area contributed by atoms with Crippen molar-refractivity contribution in [2.45, 2.75) is 4.83 Å². The van der Waals surface area contributed by atoms with E-state index in [4.69, 9.17) is 21.1 Å². The molecule has 102 valence electrons. The molecular formula is C13H11Br2ClO2S. The van der Waals surface area contributed by atoms with Crippen LogP contribution in [0.1, 0.15) is 15.3 Å². The van der Waals surface area contributed by atoms with Crippen LogP contribution in [0.25, 0.3) is 0 Å². The number of thiophene rings is 1. The van der Waals surface area contributed by atoms with Crippen molar-refractivity contribution in [3.63, 3.8) is 0 Å². The van der Waals surface area contributed by atoms with Crippen LogP contribution in [-0.2, 0) is 0 Å². The summed E-state index contributed by atoms with van der Waals surface area (Å²) in [6.45, 7) is 0. The molecule has 1 unspecified atom stereocenters. The highest BCUT2D eigenvalue weighted by Crippen LogP contribution is 2.42. The van der Waals surface area contributed by atoms with Crippen molar-refractivity contribution in [1.29, 1.82) is 0 Å². The standard InChI is InChI=1S/C13H11Br2ClO2S/c1-17-8-3-7(4-9(5-8)18-2)12(15)11-6-10(14)13(16)19-11/h3-6,12H,1-2H3. The van der Waals surface area contributed by atoms with Crippen LogP contribution in [0.4, 0.5) is 0 Å². The Labute approximate surface area is 137 Å². The monoisotopic (exact) mass is 424 g/mol. The molecule has 0 fully saturated rings. The quantitative estimate of drug-likeness (QED) is 0.587. The van der Waals surface area contributed by atoms with Gasteiger partial charge >= 0.3 is 0 Å². The number of benzene rings is 1. The van der Waals surface area contributed by atoms with E-state index in [0.29, 0.717) is 0 Å². The maximum absolute atomic E-state index is 6.08. The Kier molecular flexibility index (Phi) is 5.17. The molecule has 2 nitrogen and oxygen atoms in total. The lowest BCUT2D eigenvalue weighted by atomic mass is 10.1. The molecule has 2 rings (SSSR count). The average Bonchev–Trinajstić information content (AvgIpc) is 2.77. The third kappa shape index (κ3) is 3.45. The van der Waals surface area contributed by atoms with Gasteiger partial charge in [-0.2, -0.15) is 0 Å². The molecule has 1 aromatic carbocycles. The summed E-state index contributed by atoms with van der Waals surface area (Å²) in [6.07, 6.45) is 0. The Morgan fingerprint density at radius 1 is 1.11 bits per heavy atom. The van der Waals surface area contributed by atoms with Crippen LogP contribution in [0.3, 0.4) is 0 Å². The summed E-state index contributed by atoms with van der Waals surface area (Å²) >= 11 is 14.7. The number of hydrogen-bond donors (Lipinski definition) is 0. The van der Waals surface area contributed by atoms with Gasteiger partial charge in [0.25, 0.3) is 0 Å². The van der Waals surface area contributed by atoms with Crippen LogP contribution in [-0.4, -0.2) is 14.2 Å². The molecule has 0 N–H and O–H groups in total. The van der Waals surface area contributed by atoms with Gasteiger partial charge in [0.1, 0.15) is 15.8 Å². The number of halogens is 3. The summed E-state index contributed by atoms with van der Waals surface area (Å²) in [6, 6.07) is 7.81. The number of alkyl halides is 1. The molecule has 0 aliphatic carbocycles. The van der Waals surface area contributed by atoms with Crippen molar-refractivity contribution < 1.29 is 9.47 Å². The van der Waals surface area contributed by atoms with Gasteiger partial charge in [-0.3, -0.25) is 0 Å². The van der Waals surface area contributed by atoms with Crippen LogP contribution in [0, 0.1) is 0 Å². The van der Waals surface area contributed by atoms with E-state index in [1.54, 1.807) is 14.2 Å². The third-order valence-electron chi connectivity index (χ3n) is 2.58. The summed E-state index contributed by atoms with van der Waals surface area (Å²) in [4.78, 5) is 1.16. The van der Waals surface area contributed by atoms with Gasteiger partial charge in [-0.15, -0.1) is 11.3 Å². The van der Waals surface area contributed by atoms with Crippen molar-refractivity contribution in [2.24, 2.45) is 0 Å².